The molecule has 0 aliphatic heterocycles. The first-order chi connectivity index (χ1) is 19.3. The number of ketones is 1. The lowest BCUT2D eigenvalue weighted by atomic mass is 9.61. The van der Waals surface area contributed by atoms with Crippen molar-refractivity contribution in [3.05, 3.63) is 88.5 Å². The van der Waals surface area contributed by atoms with Crippen LogP contribution in [0.1, 0.15) is 60.9 Å². The lowest BCUT2D eigenvalue weighted by molar-refractivity contribution is -0.150. The Morgan fingerprint density at radius 2 is 1.37 bits per heavy atom. The van der Waals surface area contributed by atoms with Gasteiger partial charge in [-0.1, -0.05) is 36.4 Å². The first kappa shape index (κ1) is 30.0. The fraction of sp³-hybridized carbons (Fsp3) is 0.382. The van der Waals surface area contributed by atoms with Crippen molar-refractivity contribution in [1.29, 1.82) is 0 Å². The summed E-state index contributed by atoms with van der Waals surface area (Å²) in [5, 5.41) is 17.5. The van der Waals surface area contributed by atoms with Crippen molar-refractivity contribution in [2.24, 2.45) is 11.8 Å². The number of aliphatic hydroxyl groups is 1. The Hall–Kier alpha value is -3.97. The van der Waals surface area contributed by atoms with Gasteiger partial charge >= 0.3 is 0 Å². The summed E-state index contributed by atoms with van der Waals surface area (Å²) in [6, 6.07) is 18.3. The molecule has 0 saturated heterocycles. The van der Waals surface area contributed by atoms with E-state index in [2.05, 4.69) is 10.6 Å². The van der Waals surface area contributed by atoms with Crippen LogP contribution in [0.3, 0.4) is 0 Å². The Bertz CT molecular complexity index is 1460. The van der Waals surface area contributed by atoms with Gasteiger partial charge in [0.25, 0.3) is 0 Å². The Kier molecular flexibility index (Phi) is 8.69. The standard InChI is InChI=1S/C34H40N2O5/c1-19(2)41-25-16-14-24(15-17-25)29-30(32(38)35-26-12-8-10-20(3)22(26)5)28(37)18-34(7,40)31(29)33(39)36-27-13-9-11-21(4)23(27)6/h8-17,19,29-31,40H,18H2,1-7H3,(H,35,38)(H,36,39). The van der Waals surface area contributed by atoms with Crippen LogP contribution in [0.4, 0.5) is 11.4 Å². The number of anilines is 2. The number of carbonyl (C=O) groups excluding carboxylic acids is 3. The van der Waals surface area contributed by atoms with Crippen molar-refractivity contribution < 1.29 is 24.2 Å². The normalized spacial score (nSPS) is 22.4. The molecule has 4 rings (SSSR count). The van der Waals surface area contributed by atoms with E-state index < -0.39 is 41.0 Å². The van der Waals surface area contributed by atoms with E-state index >= 15 is 0 Å². The lowest BCUT2D eigenvalue weighted by Gasteiger charge is -2.44. The molecule has 3 N–H and O–H groups in total. The molecule has 4 unspecified atom stereocenters. The molecule has 7 heteroatoms. The predicted molar refractivity (Wildman–Crippen MR) is 161 cm³/mol. The fourth-order valence-electron chi connectivity index (χ4n) is 5.73. The van der Waals surface area contributed by atoms with Crippen LogP contribution in [0.2, 0.25) is 0 Å². The third-order valence-electron chi connectivity index (χ3n) is 8.19. The summed E-state index contributed by atoms with van der Waals surface area (Å²) in [5.41, 5.74) is 3.95. The minimum atomic E-state index is -1.69. The van der Waals surface area contributed by atoms with E-state index in [4.69, 9.17) is 4.74 Å². The maximum Gasteiger partial charge on any atom is 0.235 e. The Labute approximate surface area is 242 Å². The van der Waals surface area contributed by atoms with Crippen LogP contribution in [0, 0.1) is 39.5 Å². The van der Waals surface area contributed by atoms with Crippen LogP contribution in [0.15, 0.2) is 60.7 Å². The zero-order valence-corrected chi connectivity index (χ0v) is 24.9. The van der Waals surface area contributed by atoms with Crippen LogP contribution in [0.5, 0.6) is 5.75 Å². The molecule has 41 heavy (non-hydrogen) atoms. The van der Waals surface area contributed by atoms with Crippen molar-refractivity contribution >= 4 is 29.0 Å². The maximum absolute atomic E-state index is 14.0. The topological polar surface area (TPSA) is 105 Å². The molecule has 1 fully saturated rings. The van der Waals surface area contributed by atoms with Crippen molar-refractivity contribution in [3.63, 3.8) is 0 Å². The van der Waals surface area contributed by atoms with Crippen molar-refractivity contribution in [2.45, 2.75) is 72.5 Å². The molecule has 3 aromatic rings. The summed E-state index contributed by atoms with van der Waals surface area (Å²) in [5.74, 6) is -3.95. The van der Waals surface area contributed by atoms with Crippen LogP contribution in [-0.2, 0) is 14.4 Å². The minimum absolute atomic E-state index is 0.0370. The Balaban J connectivity index is 1.80. The molecule has 1 aliphatic rings. The van der Waals surface area contributed by atoms with Gasteiger partial charge in [-0.05, 0) is 101 Å². The van der Waals surface area contributed by atoms with Gasteiger partial charge in [0.1, 0.15) is 17.5 Å². The number of hydrogen-bond acceptors (Lipinski definition) is 5. The number of aryl methyl sites for hydroxylation is 2. The molecule has 0 bridgehead atoms. The average Bonchev–Trinajstić information content (AvgIpc) is 2.88. The summed E-state index contributed by atoms with van der Waals surface area (Å²) in [4.78, 5) is 41.6. The predicted octanol–water partition coefficient (Wildman–Crippen LogP) is 6.02. The van der Waals surface area contributed by atoms with Gasteiger partial charge in [-0.2, -0.15) is 0 Å². The van der Waals surface area contributed by atoms with Crippen LogP contribution < -0.4 is 15.4 Å². The highest BCUT2D eigenvalue weighted by molar-refractivity contribution is 6.10. The molecule has 4 atom stereocenters. The number of ether oxygens (including phenoxy) is 1. The second-order valence-corrected chi connectivity index (χ2v) is 11.7. The highest BCUT2D eigenvalue weighted by atomic mass is 16.5. The van der Waals surface area contributed by atoms with E-state index in [1.807, 2.05) is 65.8 Å². The van der Waals surface area contributed by atoms with Gasteiger partial charge in [-0.15, -0.1) is 0 Å². The summed E-state index contributed by atoms with van der Waals surface area (Å²) in [7, 11) is 0. The highest BCUT2D eigenvalue weighted by Crippen LogP contribution is 2.47. The fourth-order valence-corrected chi connectivity index (χ4v) is 5.73. The van der Waals surface area contributed by atoms with E-state index in [0.29, 0.717) is 22.7 Å². The zero-order chi connectivity index (χ0) is 30.1. The number of Topliss-reactive ketones (excluding diaryl/α,β-unsaturated/α-hetero) is 1. The molecule has 7 nitrogen and oxygen atoms in total. The zero-order valence-electron chi connectivity index (χ0n) is 24.9. The number of carbonyl (C=O) groups is 3. The van der Waals surface area contributed by atoms with Gasteiger partial charge in [0.15, 0.2) is 0 Å². The number of amides is 2. The van der Waals surface area contributed by atoms with E-state index in [9.17, 15) is 19.5 Å². The first-order valence-electron chi connectivity index (χ1n) is 14.1. The molecule has 0 aromatic heterocycles. The molecule has 0 spiro atoms. The van der Waals surface area contributed by atoms with Gasteiger partial charge in [-0.25, -0.2) is 0 Å². The SMILES string of the molecule is Cc1cccc(NC(=O)C2C(=O)CC(C)(O)C(C(=O)Nc3cccc(C)c3C)C2c2ccc(OC(C)C)cc2)c1C. The number of rotatable bonds is 7. The quantitative estimate of drug-likeness (QED) is 0.309. The van der Waals surface area contributed by atoms with Gasteiger partial charge in [0, 0.05) is 23.7 Å². The smallest absolute Gasteiger partial charge is 0.235 e. The largest absolute Gasteiger partial charge is 0.491 e. The highest BCUT2D eigenvalue weighted by Gasteiger charge is 2.56. The van der Waals surface area contributed by atoms with E-state index in [-0.39, 0.29) is 12.5 Å². The molecule has 216 valence electrons. The average molecular weight is 557 g/mol. The van der Waals surface area contributed by atoms with Crippen LogP contribution in [-0.4, -0.2) is 34.4 Å². The minimum Gasteiger partial charge on any atom is -0.491 e. The van der Waals surface area contributed by atoms with E-state index in [1.54, 1.807) is 36.4 Å². The molecular weight excluding hydrogens is 516 g/mol. The van der Waals surface area contributed by atoms with Gasteiger partial charge in [0.2, 0.25) is 11.8 Å². The van der Waals surface area contributed by atoms with Gasteiger partial charge < -0.3 is 20.5 Å². The van der Waals surface area contributed by atoms with Crippen molar-refractivity contribution in [3.8, 4) is 5.75 Å². The summed E-state index contributed by atoms with van der Waals surface area (Å²) < 4.78 is 5.80. The van der Waals surface area contributed by atoms with E-state index in [0.717, 1.165) is 22.3 Å². The third kappa shape index (κ3) is 6.35. The second-order valence-electron chi connectivity index (χ2n) is 11.7. The second kappa shape index (κ2) is 11.9. The molecule has 0 heterocycles. The number of benzene rings is 3. The molecule has 2 amide bonds. The van der Waals surface area contributed by atoms with Crippen LogP contribution in [0.25, 0.3) is 0 Å². The number of nitrogens with one attached hydrogen (secondary N) is 2. The van der Waals surface area contributed by atoms with Gasteiger partial charge in [0.05, 0.1) is 17.6 Å². The Morgan fingerprint density at radius 3 is 1.88 bits per heavy atom. The summed E-state index contributed by atoms with van der Waals surface area (Å²) in [6.07, 6.45) is -0.363. The van der Waals surface area contributed by atoms with Gasteiger partial charge in [-0.3, -0.25) is 14.4 Å². The summed E-state index contributed by atoms with van der Waals surface area (Å²) in [6.45, 7) is 13.1. The molecule has 3 aromatic carbocycles. The Morgan fingerprint density at radius 1 is 0.854 bits per heavy atom. The molecular formula is C34H40N2O5. The molecule has 1 saturated carbocycles. The van der Waals surface area contributed by atoms with E-state index in [1.165, 1.54) is 6.92 Å². The van der Waals surface area contributed by atoms with Crippen LogP contribution >= 0.6 is 0 Å². The first-order valence-corrected chi connectivity index (χ1v) is 14.1. The van der Waals surface area contributed by atoms with Crippen molar-refractivity contribution in [1.82, 2.24) is 0 Å². The molecule has 1 aliphatic carbocycles. The summed E-state index contributed by atoms with van der Waals surface area (Å²) >= 11 is 0. The third-order valence-corrected chi connectivity index (χ3v) is 8.19. The molecule has 0 radical (unpaired) electrons. The maximum atomic E-state index is 14.0. The lowest BCUT2D eigenvalue weighted by Crippen LogP contribution is -2.56. The number of hydrogen-bond donors (Lipinski definition) is 3. The monoisotopic (exact) mass is 556 g/mol. The van der Waals surface area contributed by atoms with Crippen molar-refractivity contribution in [2.75, 3.05) is 10.6 Å².